The van der Waals surface area contributed by atoms with Crippen LogP contribution in [0.25, 0.3) is 0 Å². The van der Waals surface area contributed by atoms with Crippen molar-refractivity contribution in [2.24, 2.45) is 0 Å². The van der Waals surface area contributed by atoms with Gasteiger partial charge >= 0.3 is 0 Å². The van der Waals surface area contributed by atoms with Crippen LogP contribution >= 0.6 is 0 Å². The van der Waals surface area contributed by atoms with E-state index >= 15 is 0 Å². The lowest BCUT2D eigenvalue weighted by atomic mass is 10.1. The highest BCUT2D eigenvalue weighted by atomic mass is 16.5. The first-order valence-corrected chi connectivity index (χ1v) is 4.03. The van der Waals surface area contributed by atoms with Crippen molar-refractivity contribution in [3.05, 3.63) is 0 Å². The molecule has 64 valence electrons. The smallest absolute Gasteiger partial charge is 0.219 e. The van der Waals surface area contributed by atoms with E-state index in [0.29, 0.717) is 6.04 Å². The molecule has 0 unspecified atom stereocenters. The van der Waals surface area contributed by atoms with E-state index in [1.54, 1.807) is 6.92 Å². The number of carbonyl (C=O) groups is 1. The molecule has 0 aromatic carbocycles. The summed E-state index contributed by atoms with van der Waals surface area (Å²) in [7, 11) is 1.86. The fourth-order valence-electron chi connectivity index (χ4n) is 1.33. The van der Waals surface area contributed by atoms with Gasteiger partial charge in [0.05, 0.1) is 0 Å². The van der Waals surface area contributed by atoms with Crippen LogP contribution in [0.15, 0.2) is 0 Å². The molecule has 1 saturated heterocycles. The Morgan fingerprint density at radius 1 is 1.45 bits per heavy atom. The number of rotatable bonds is 1. The molecule has 1 amide bonds. The summed E-state index contributed by atoms with van der Waals surface area (Å²) in [4.78, 5) is 12.7. The van der Waals surface area contributed by atoms with Crippen molar-refractivity contribution >= 4 is 5.91 Å². The highest BCUT2D eigenvalue weighted by Crippen LogP contribution is 2.12. The predicted octanol–water partition coefficient (Wildman–Crippen LogP) is 0.644. The van der Waals surface area contributed by atoms with Crippen LogP contribution in [0.4, 0.5) is 0 Å². The predicted molar refractivity (Wildman–Crippen MR) is 42.3 cm³/mol. The minimum absolute atomic E-state index is 0.150. The van der Waals surface area contributed by atoms with E-state index < -0.39 is 0 Å². The normalized spacial score (nSPS) is 19.8. The van der Waals surface area contributed by atoms with Gasteiger partial charge in [-0.15, -0.1) is 0 Å². The SMILES string of the molecule is CC(=O)N(C)C1CCOCC1. The molecule has 0 N–H and O–H groups in total. The van der Waals surface area contributed by atoms with Gasteiger partial charge in [-0.1, -0.05) is 0 Å². The van der Waals surface area contributed by atoms with Gasteiger partial charge in [-0.05, 0) is 12.8 Å². The lowest BCUT2D eigenvalue weighted by molar-refractivity contribution is -0.131. The Balaban J connectivity index is 2.38. The fraction of sp³-hybridized carbons (Fsp3) is 0.875. The number of carbonyl (C=O) groups excluding carboxylic acids is 1. The van der Waals surface area contributed by atoms with Crippen LogP contribution in [0, 0.1) is 0 Å². The number of nitrogens with zero attached hydrogens (tertiary/aromatic N) is 1. The zero-order chi connectivity index (χ0) is 8.27. The molecule has 1 rings (SSSR count). The Morgan fingerprint density at radius 2 is 2.00 bits per heavy atom. The minimum Gasteiger partial charge on any atom is -0.381 e. The molecule has 11 heavy (non-hydrogen) atoms. The Labute approximate surface area is 67.3 Å². The van der Waals surface area contributed by atoms with Crippen LogP contribution in [-0.2, 0) is 9.53 Å². The molecule has 3 heteroatoms. The molecule has 0 spiro atoms. The molecule has 1 aliphatic rings. The van der Waals surface area contributed by atoms with Gasteiger partial charge in [-0.3, -0.25) is 4.79 Å². The largest absolute Gasteiger partial charge is 0.381 e. The third-order valence-electron chi connectivity index (χ3n) is 2.24. The summed E-state index contributed by atoms with van der Waals surface area (Å²) in [5.74, 6) is 0.150. The third kappa shape index (κ3) is 2.19. The molecular formula is C8H15NO2. The quantitative estimate of drug-likeness (QED) is 0.559. The van der Waals surface area contributed by atoms with E-state index in [9.17, 15) is 4.79 Å². The van der Waals surface area contributed by atoms with E-state index in [2.05, 4.69) is 0 Å². The fourth-order valence-corrected chi connectivity index (χ4v) is 1.33. The molecule has 0 aromatic heterocycles. The molecule has 1 heterocycles. The number of amides is 1. The second-order valence-electron chi connectivity index (χ2n) is 2.97. The van der Waals surface area contributed by atoms with Gasteiger partial charge in [0.1, 0.15) is 0 Å². The van der Waals surface area contributed by atoms with Gasteiger partial charge in [-0.25, -0.2) is 0 Å². The lowest BCUT2D eigenvalue weighted by Gasteiger charge is -2.30. The Bertz CT molecular complexity index is 141. The standard InChI is InChI=1S/C8H15NO2/c1-7(10)9(2)8-3-5-11-6-4-8/h8H,3-6H2,1-2H3. The van der Waals surface area contributed by atoms with Crippen molar-refractivity contribution in [2.75, 3.05) is 20.3 Å². The van der Waals surface area contributed by atoms with Crippen molar-refractivity contribution in [3.63, 3.8) is 0 Å². The molecule has 3 nitrogen and oxygen atoms in total. The van der Waals surface area contributed by atoms with Gasteiger partial charge in [0, 0.05) is 33.2 Å². The summed E-state index contributed by atoms with van der Waals surface area (Å²) < 4.78 is 5.19. The molecule has 0 bridgehead atoms. The van der Waals surface area contributed by atoms with Gasteiger partial charge in [-0.2, -0.15) is 0 Å². The summed E-state index contributed by atoms with van der Waals surface area (Å²) in [6.45, 7) is 3.19. The molecule has 0 saturated carbocycles. The maximum absolute atomic E-state index is 10.9. The Hall–Kier alpha value is -0.570. The average Bonchev–Trinajstić information content (AvgIpc) is 2.05. The number of hydrogen-bond acceptors (Lipinski definition) is 2. The van der Waals surface area contributed by atoms with E-state index in [-0.39, 0.29) is 5.91 Å². The van der Waals surface area contributed by atoms with Crippen LogP contribution in [0.3, 0.4) is 0 Å². The van der Waals surface area contributed by atoms with Crippen LogP contribution in [-0.4, -0.2) is 37.1 Å². The summed E-state index contributed by atoms with van der Waals surface area (Å²) >= 11 is 0. The topological polar surface area (TPSA) is 29.5 Å². The van der Waals surface area contributed by atoms with Crippen molar-refractivity contribution < 1.29 is 9.53 Å². The highest BCUT2D eigenvalue weighted by molar-refractivity contribution is 5.73. The Kier molecular flexibility index (Phi) is 2.88. The van der Waals surface area contributed by atoms with Gasteiger partial charge in [0.15, 0.2) is 0 Å². The number of ether oxygens (including phenoxy) is 1. The second kappa shape index (κ2) is 3.72. The summed E-state index contributed by atoms with van der Waals surface area (Å²) in [5.41, 5.74) is 0. The molecular weight excluding hydrogens is 142 g/mol. The number of hydrogen-bond donors (Lipinski definition) is 0. The van der Waals surface area contributed by atoms with E-state index in [1.165, 1.54) is 0 Å². The Morgan fingerprint density at radius 3 is 2.45 bits per heavy atom. The van der Waals surface area contributed by atoms with E-state index in [4.69, 9.17) is 4.74 Å². The van der Waals surface area contributed by atoms with E-state index in [0.717, 1.165) is 26.1 Å². The lowest BCUT2D eigenvalue weighted by Crippen LogP contribution is -2.39. The highest BCUT2D eigenvalue weighted by Gasteiger charge is 2.19. The minimum atomic E-state index is 0.150. The summed E-state index contributed by atoms with van der Waals surface area (Å²) in [6, 6.07) is 0.404. The van der Waals surface area contributed by atoms with Crippen LogP contribution in [0.5, 0.6) is 0 Å². The molecule has 1 aliphatic heterocycles. The van der Waals surface area contributed by atoms with Crippen molar-refractivity contribution in [1.29, 1.82) is 0 Å². The summed E-state index contributed by atoms with van der Waals surface area (Å²) in [5, 5.41) is 0. The van der Waals surface area contributed by atoms with Crippen LogP contribution in [0.2, 0.25) is 0 Å². The maximum atomic E-state index is 10.9. The zero-order valence-corrected chi connectivity index (χ0v) is 7.17. The van der Waals surface area contributed by atoms with Gasteiger partial charge < -0.3 is 9.64 Å². The van der Waals surface area contributed by atoms with E-state index in [1.807, 2.05) is 11.9 Å². The monoisotopic (exact) mass is 157 g/mol. The van der Waals surface area contributed by atoms with Crippen molar-refractivity contribution in [2.45, 2.75) is 25.8 Å². The first-order valence-electron chi connectivity index (χ1n) is 4.03. The summed E-state index contributed by atoms with van der Waals surface area (Å²) in [6.07, 6.45) is 1.96. The first kappa shape index (κ1) is 8.53. The molecule has 1 fully saturated rings. The first-order chi connectivity index (χ1) is 5.22. The molecule has 0 aliphatic carbocycles. The molecule has 0 radical (unpaired) electrons. The van der Waals surface area contributed by atoms with Crippen molar-refractivity contribution in [1.82, 2.24) is 4.90 Å². The molecule has 0 aromatic rings. The average molecular weight is 157 g/mol. The van der Waals surface area contributed by atoms with Gasteiger partial charge in [0.2, 0.25) is 5.91 Å². The maximum Gasteiger partial charge on any atom is 0.219 e. The van der Waals surface area contributed by atoms with Crippen molar-refractivity contribution in [3.8, 4) is 0 Å². The third-order valence-corrected chi connectivity index (χ3v) is 2.24. The second-order valence-corrected chi connectivity index (χ2v) is 2.97. The van der Waals surface area contributed by atoms with Crippen LogP contribution in [0.1, 0.15) is 19.8 Å². The molecule has 0 atom stereocenters. The van der Waals surface area contributed by atoms with Gasteiger partial charge in [0.25, 0.3) is 0 Å². The zero-order valence-electron chi connectivity index (χ0n) is 7.17. The van der Waals surface area contributed by atoms with Crippen LogP contribution < -0.4 is 0 Å².